The highest BCUT2D eigenvalue weighted by atomic mass is 32.2. The van der Waals surface area contributed by atoms with Crippen molar-refractivity contribution in [3.05, 3.63) is 113 Å². The number of hydrogen-bond acceptors (Lipinski definition) is 6. The summed E-state index contributed by atoms with van der Waals surface area (Å²) in [7, 11) is 0. The number of rotatable bonds is 12. The summed E-state index contributed by atoms with van der Waals surface area (Å²) in [4.78, 5) is 26.1. The first-order valence-electron chi connectivity index (χ1n) is 17.4. The third-order valence-electron chi connectivity index (χ3n) is 8.64. The molecule has 5 rings (SSSR count). The van der Waals surface area contributed by atoms with Crippen LogP contribution in [0.3, 0.4) is 0 Å². The number of benzene rings is 3. The highest BCUT2D eigenvalue weighted by molar-refractivity contribution is 7.90. The number of anilines is 1. The van der Waals surface area contributed by atoms with Gasteiger partial charge < -0.3 is 19.9 Å². The van der Waals surface area contributed by atoms with Gasteiger partial charge in [0.15, 0.2) is 5.69 Å². The van der Waals surface area contributed by atoms with Gasteiger partial charge in [0, 0.05) is 24.0 Å². The Morgan fingerprint density at radius 3 is 2.25 bits per heavy atom. The number of nitrogens with one attached hydrogen (secondary N) is 3. The number of ether oxygens (including phenoxy) is 1. The van der Waals surface area contributed by atoms with Crippen LogP contribution in [0.4, 0.5) is 28.0 Å². The third-order valence-corrected chi connectivity index (χ3v) is 10.3. The topological polar surface area (TPSA) is 120 Å². The van der Waals surface area contributed by atoms with Crippen LogP contribution in [0, 0.1) is 11.7 Å². The Kier molecular flexibility index (Phi) is 11.7. The Bertz CT molecular complexity index is 1920. The maximum absolute atomic E-state index is 15.6. The highest BCUT2D eigenvalue weighted by Crippen LogP contribution is 2.43. The minimum atomic E-state index is -4.90. The number of carbonyl (C=O) groups is 2. The molecule has 3 N–H and O–H groups in total. The molecule has 53 heavy (non-hydrogen) atoms. The normalized spacial score (nSPS) is 15.4. The maximum Gasteiger partial charge on any atom is 0.435 e. The van der Waals surface area contributed by atoms with Gasteiger partial charge in [-0.2, -0.15) is 18.3 Å². The van der Waals surface area contributed by atoms with Crippen LogP contribution in [0.15, 0.2) is 78.9 Å². The monoisotopic (exact) mass is 755 g/mol. The molecule has 2 amide bonds. The van der Waals surface area contributed by atoms with Crippen LogP contribution in [-0.4, -0.2) is 36.7 Å². The molecule has 1 aliphatic rings. The summed E-state index contributed by atoms with van der Waals surface area (Å²) in [6.07, 6.45) is -2.11. The molecule has 1 fully saturated rings. The molecule has 284 valence electrons. The zero-order valence-electron chi connectivity index (χ0n) is 30.6. The molecule has 0 aliphatic heterocycles. The van der Waals surface area contributed by atoms with Gasteiger partial charge in [0.2, 0.25) is 0 Å². The van der Waals surface area contributed by atoms with Crippen molar-refractivity contribution in [2.75, 3.05) is 5.32 Å². The van der Waals surface area contributed by atoms with Crippen LogP contribution in [-0.2, 0) is 34.4 Å². The van der Waals surface area contributed by atoms with Crippen LogP contribution < -0.4 is 15.4 Å². The third kappa shape index (κ3) is 10.2. The van der Waals surface area contributed by atoms with Gasteiger partial charge in [-0.25, -0.2) is 13.9 Å². The predicted octanol–water partition coefficient (Wildman–Crippen LogP) is 8.79. The van der Waals surface area contributed by atoms with Crippen LogP contribution in [0.5, 0.6) is 0 Å². The van der Waals surface area contributed by atoms with Crippen LogP contribution in [0.25, 0.3) is 5.69 Å². The number of alkyl halides is 3. The van der Waals surface area contributed by atoms with E-state index in [9.17, 15) is 27.3 Å². The Labute approximate surface area is 310 Å². The first-order valence-corrected chi connectivity index (χ1v) is 18.5. The van der Waals surface area contributed by atoms with E-state index in [0.717, 1.165) is 29.5 Å². The lowest BCUT2D eigenvalue weighted by atomic mass is 9.79. The zero-order chi connectivity index (χ0) is 38.8. The Hall–Kier alpha value is -4.40. The van der Waals surface area contributed by atoms with Crippen molar-refractivity contribution in [3.8, 4) is 5.69 Å². The summed E-state index contributed by atoms with van der Waals surface area (Å²) in [5.41, 5.74) is -2.01. The average molecular weight is 756 g/mol. The number of aromatic nitrogens is 2. The second-order valence-electron chi connectivity index (χ2n) is 15.2. The second-order valence-corrected chi connectivity index (χ2v) is 17.2. The van der Waals surface area contributed by atoms with Crippen molar-refractivity contribution in [2.45, 2.75) is 95.8 Å². The number of alkyl carbamates (subject to hydrolysis) is 1. The van der Waals surface area contributed by atoms with E-state index in [-0.39, 0.29) is 17.9 Å². The summed E-state index contributed by atoms with van der Waals surface area (Å²) in [6.45, 7) is 10.6. The van der Waals surface area contributed by atoms with Crippen molar-refractivity contribution < 1.29 is 36.4 Å². The first-order chi connectivity index (χ1) is 24.7. The summed E-state index contributed by atoms with van der Waals surface area (Å²) < 4.78 is 80.1. The lowest BCUT2D eigenvalue weighted by Crippen LogP contribution is -2.52. The van der Waals surface area contributed by atoms with E-state index in [2.05, 4.69) is 20.5 Å². The molecule has 1 heterocycles. The summed E-state index contributed by atoms with van der Waals surface area (Å²) in [5, 5.41) is 8.78. The van der Waals surface area contributed by atoms with E-state index in [1.165, 1.54) is 24.3 Å². The lowest BCUT2D eigenvalue weighted by molar-refractivity contribution is -0.141. The SMILES string of the molecule is CC(C)(C)OC(=O)NCc1cccc(-n2nc(C(F)(F)F)cc2C(=O)Nc2cc(C(CCC3CC3)(N[S@@+]([O-])C(C)(C)C)c3ccccc3)ccc2F)c1. The fourth-order valence-electron chi connectivity index (χ4n) is 5.72. The fourth-order valence-corrected chi connectivity index (χ4v) is 6.68. The first kappa shape index (κ1) is 39.8. The van der Waals surface area contributed by atoms with Crippen molar-refractivity contribution in [1.29, 1.82) is 0 Å². The molecule has 9 nitrogen and oxygen atoms in total. The molecule has 0 radical (unpaired) electrons. The van der Waals surface area contributed by atoms with E-state index >= 15 is 4.39 Å². The largest absolute Gasteiger partial charge is 0.598 e. The smallest absolute Gasteiger partial charge is 0.435 e. The molecule has 2 atom stereocenters. The molecule has 0 spiro atoms. The lowest BCUT2D eigenvalue weighted by Gasteiger charge is -2.39. The molecule has 0 saturated heterocycles. The number of nitrogens with zero attached hydrogens (tertiary/aromatic N) is 2. The minimum Gasteiger partial charge on any atom is -0.598 e. The molecule has 1 unspecified atom stereocenters. The van der Waals surface area contributed by atoms with Gasteiger partial charge in [-0.15, -0.1) is 4.72 Å². The number of halogens is 4. The van der Waals surface area contributed by atoms with Gasteiger partial charge in [0.25, 0.3) is 5.91 Å². The Morgan fingerprint density at radius 1 is 0.925 bits per heavy atom. The van der Waals surface area contributed by atoms with Gasteiger partial charge in [-0.3, -0.25) is 4.79 Å². The maximum atomic E-state index is 15.6. The van der Waals surface area contributed by atoms with Crippen molar-refractivity contribution in [1.82, 2.24) is 19.8 Å². The van der Waals surface area contributed by atoms with Crippen LogP contribution >= 0.6 is 0 Å². The molecule has 14 heteroatoms. The molecule has 1 aliphatic carbocycles. The van der Waals surface area contributed by atoms with Gasteiger partial charge >= 0.3 is 12.3 Å². The van der Waals surface area contributed by atoms with E-state index in [1.807, 2.05) is 51.1 Å². The quantitative estimate of drug-likeness (QED) is 0.0983. The van der Waals surface area contributed by atoms with E-state index in [1.54, 1.807) is 39.0 Å². The van der Waals surface area contributed by atoms with Gasteiger partial charge in [-0.1, -0.05) is 61.4 Å². The van der Waals surface area contributed by atoms with E-state index in [0.29, 0.717) is 29.5 Å². The molecule has 0 bridgehead atoms. The van der Waals surface area contributed by atoms with E-state index in [4.69, 9.17) is 4.74 Å². The van der Waals surface area contributed by atoms with Gasteiger partial charge in [-0.05, 0) is 101 Å². The summed E-state index contributed by atoms with van der Waals surface area (Å²) >= 11 is -1.58. The Balaban J connectivity index is 1.52. The van der Waals surface area contributed by atoms with Crippen LogP contribution in [0.2, 0.25) is 0 Å². The fraction of sp³-hybridized carbons (Fsp3) is 0.410. The standard InChI is InChI=1S/C39H45F4N5O4S/c1-36(2,3)52-35(50)44-24-26-11-10-14-29(21-26)48-32(23-33(46-48)39(41,42)43)34(49)45-31-22-28(17-18-30(31)40)38(20-19-25-15-16-25,27-12-8-7-9-13-27)47-53(51)37(4,5)6/h7-14,17-18,21-23,25,47H,15-16,19-20,24H2,1-6H3,(H,44,50)(H,45,49)/t38?,53-/m0/s1. The summed E-state index contributed by atoms with van der Waals surface area (Å²) in [6, 6.07) is 20.3. The zero-order valence-corrected chi connectivity index (χ0v) is 31.4. The molecular formula is C39H45F4N5O4S. The number of hydrogen-bond donors (Lipinski definition) is 3. The minimum absolute atomic E-state index is 0.0202. The van der Waals surface area contributed by atoms with Crippen LogP contribution in [0.1, 0.15) is 100 Å². The Morgan fingerprint density at radius 2 is 1.62 bits per heavy atom. The molecular weight excluding hydrogens is 711 g/mol. The van der Waals surface area contributed by atoms with Crippen molar-refractivity contribution in [3.63, 3.8) is 0 Å². The molecule has 1 aromatic heterocycles. The second kappa shape index (κ2) is 15.5. The molecule has 1 saturated carbocycles. The predicted molar refractivity (Wildman–Crippen MR) is 196 cm³/mol. The highest BCUT2D eigenvalue weighted by Gasteiger charge is 2.43. The number of amides is 2. The van der Waals surface area contributed by atoms with Crippen molar-refractivity contribution in [2.24, 2.45) is 5.92 Å². The number of carbonyl (C=O) groups excluding carboxylic acids is 2. The van der Waals surface area contributed by atoms with Gasteiger partial charge in [0.1, 0.15) is 27.4 Å². The molecule has 4 aromatic rings. The van der Waals surface area contributed by atoms with Crippen molar-refractivity contribution >= 4 is 29.0 Å². The summed E-state index contributed by atoms with van der Waals surface area (Å²) in [5.74, 6) is -1.37. The van der Waals surface area contributed by atoms with Gasteiger partial charge in [0.05, 0.1) is 11.4 Å². The average Bonchev–Trinajstić information content (AvgIpc) is 3.79. The van der Waals surface area contributed by atoms with E-state index < -0.39 is 62.6 Å². The molecule has 3 aromatic carbocycles.